The number of nitrogens with zero attached hydrogens (tertiary/aromatic N) is 4. The summed E-state index contributed by atoms with van der Waals surface area (Å²) in [4.78, 5) is 17.1. The normalized spacial score (nSPS) is 16.9. The molecule has 1 aliphatic heterocycles. The Bertz CT molecular complexity index is 903. The predicted molar refractivity (Wildman–Crippen MR) is 111 cm³/mol. The molecule has 1 aliphatic rings. The summed E-state index contributed by atoms with van der Waals surface area (Å²) in [7, 11) is 1.84. The van der Waals surface area contributed by atoms with Crippen LogP contribution >= 0.6 is 0 Å². The molecule has 2 aromatic rings. The Morgan fingerprint density at radius 2 is 1.77 bits per heavy atom. The molecule has 1 unspecified atom stereocenters. The van der Waals surface area contributed by atoms with Crippen LogP contribution in [0.4, 0.5) is 18.9 Å². The Balaban J connectivity index is 1.49. The van der Waals surface area contributed by atoms with E-state index in [1.54, 1.807) is 16.8 Å². The van der Waals surface area contributed by atoms with Crippen LogP contribution < -0.4 is 10.1 Å². The lowest BCUT2D eigenvalue weighted by atomic mass is 10.1. The quantitative estimate of drug-likeness (QED) is 0.750. The molecule has 0 bridgehead atoms. The SMILES string of the molecule is Cc1nn(C)c(C)c1NC(=O)C(C)N1CCN(Cc2ccc(OC(F)(F)F)cc2)CC1. The van der Waals surface area contributed by atoms with Crippen LogP contribution in [0.15, 0.2) is 24.3 Å². The molecule has 10 heteroatoms. The molecule has 1 fully saturated rings. The molecule has 31 heavy (non-hydrogen) atoms. The van der Waals surface area contributed by atoms with Gasteiger partial charge in [0.15, 0.2) is 0 Å². The number of aryl methyl sites for hydroxylation is 2. The first-order chi connectivity index (χ1) is 14.5. The summed E-state index contributed by atoms with van der Waals surface area (Å²) in [6.07, 6.45) is -4.69. The Morgan fingerprint density at radius 3 is 2.29 bits per heavy atom. The molecule has 0 radical (unpaired) electrons. The highest BCUT2D eigenvalue weighted by atomic mass is 19.4. The molecular formula is C21H28F3N5O2. The fraction of sp³-hybridized carbons (Fsp3) is 0.524. The minimum atomic E-state index is -4.69. The summed E-state index contributed by atoms with van der Waals surface area (Å²) >= 11 is 0. The summed E-state index contributed by atoms with van der Waals surface area (Å²) in [5.74, 6) is -0.284. The molecular weight excluding hydrogens is 411 g/mol. The van der Waals surface area contributed by atoms with E-state index in [2.05, 4.69) is 25.0 Å². The zero-order chi connectivity index (χ0) is 22.8. The van der Waals surface area contributed by atoms with Gasteiger partial charge in [-0.25, -0.2) is 0 Å². The van der Waals surface area contributed by atoms with Gasteiger partial charge in [-0.15, -0.1) is 13.2 Å². The first-order valence-corrected chi connectivity index (χ1v) is 10.2. The van der Waals surface area contributed by atoms with Crippen LogP contribution in [0.1, 0.15) is 23.9 Å². The second-order valence-electron chi connectivity index (χ2n) is 7.84. The number of carbonyl (C=O) groups is 1. The molecule has 170 valence electrons. The van der Waals surface area contributed by atoms with E-state index in [9.17, 15) is 18.0 Å². The largest absolute Gasteiger partial charge is 0.573 e. The lowest BCUT2D eigenvalue weighted by Gasteiger charge is -2.37. The Labute approximate surface area is 179 Å². The number of benzene rings is 1. The Hall–Kier alpha value is -2.59. The van der Waals surface area contributed by atoms with Crippen molar-refractivity contribution in [3.63, 3.8) is 0 Å². The molecule has 7 nitrogen and oxygen atoms in total. The number of nitrogens with one attached hydrogen (secondary N) is 1. The molecule has 1 aromatic heterocycles. The number of hydrogen-bond acceptors (Lipinski definition) is 5. The van der Waals surface area contributed by atoms with Crippen LogP contribution in [0.5, 0.6) is 5.75 Å². The number of aromatic nitrogens is 2. The van der Waals surface area contributed by atoms with Crippen molar-refractivity contribution in [3.8, 4) is 5.75 Å². The monoisotopic (exact) mass is 439 g/mol. The third-order valence-electron chi connectivity index (χ3n) is 5.65. The second-order valence-corrected chi connectivity index (χ2v) is 7.84. The van der Waals surface area contributed by atoms with Gasteiger partial charge < -0.3 is 10.1 Å². The predicted octanol–water partition coefficient (Wildman–Crippen LogP) is 3.08. The molecule has 3 rings (SSSR count). The number of carbonyl (C=O) groups excluding carboxylic acids is 1. The molecule has 1 saturated heterocycles. The van der Waals surface area contributed by atoms with Gasteiger partial charge in [-0.1, -0.05) is 12.1 Å². The minimum absolute atomic E-state index is 0.0621. The van der Waals surface area contributed by atoms with E-state index in [4.69, 9.17) is 0 Å². The lowest BCUT2D eigenvalue weighted by molar-refractivity contribution is -0.274. The number of rotatable bonds is 6. The Kier molecular flexibility index (Phi) is 6.90. The highest BCUT2D eigenvalue weighted by Gasteiger charge is 2.31. The van der Waals surface area contributed by atoms with Gasteiger partial charge in [0.1, 0.15) is 5.75 Å². The fourth-order valence-electron chi connectivity index (χ4n) is 3.71. The van der Waals surface area contributed by atoms with Crippen LogP contribution in [0.2, 0.25) is 0 Å². The third kappa shape index (κ3) is 5.98. The standard InChI is InChI=1S/C21H28F3N5O2/c1-14-19(15(2)27(4)26-14)25-20(30)16(3)29-11-9-28(10-12-29)13-17-5-7-18(8-6-17)31-21(22,23)24/h5-8,16H,9-13H2,1-4H3,(H,25,30). The van der Waals surface area contributed by atoms with Crippen LogP contribution in [0, 0.1) is 13.8 Å². The van der Waals surface area contributed by atoms with Crippen molar-refractivity contribution in [2.24, 2.45) is 7.05 Å². The summed E-state index contributed by atoms with van der Waals surface area (Å²) in [5.41, 5.74) is 3.37. The van der Waals surface area contributed by atoms with E-state index < -0.39 is 6.36 Å². The molecule has 1 amide bonds. The zero-order valence-electron chi connectivity index (χ0n) is 18.2. The molecule has 0 saturated carbocycles. The van der Waals surface area contributed by atoms with Crippen molar-refractivity contribution >= 4 is 11.6 Å². The average molecular weight is 439 g/mol. The highest BCUT2D eigenvalue weighted by molar-refractivity contribution is 5.95. The van der Waals surface area contributed by atoms with Crippen molar-refractivity contribution < 1.29 is 22.7 Å². The molecule has 1 atom stereocenters. The van der Waals surface area contributed by atoms with Crippen molar-refractivity contribution in [1.29, 1.82) is 0 Å². The number of amides is 1. The maximum Gasteiger partial charge on any atom is 0.573 e. The van der Waals surface area contributed by atoms with Crippen molar-refractivity contribution in [2.75, 3.05) is 31.5 Å². The van der Waals surface area contributed by atoms with Crippen LogP contribution in [-0.2, 0) is 18.4 Å². The van der Waals surface area contributed by atoms with Gasteiger partial charge in [0, 0.05) is 39.8 Å². The summed E-state index contributed by atoms with van der Waals surface area (Å²) < 4.78 is 42.5. The number of alkyl halides is 3. The fourth-order valence-corrected chi connectivity index (χ4v) is 3.71. The molecule has 1 aromatic carbocycles. The van der Waals surface area contributed by atoms with Gasteiger partial charge >= 0.3 is 6.36 Å². The number of halogens is 3. The lowest BCUT2D eigenvalue weighted by Crippen LogP contribution is -2.52. The molecule has 2 heterocycles. The number of ether oxygens (including phenoxy) is 1. The third-order valence-corrected chi connectivity index (χ3v) is 5.65. The summed E-state index contributed by atoms with van der Waals surface area (Å²) in [6.45, 7) is 9.31. The van der Waals surface area contributed by atoms with Crippen molar-refractivity contribution in [3.05, 3.63) is 41.2 Å². The number of anilines is 1. The zero-order valence-corrected chi connectivity index (χ0v) is 18.2. The van der Waals surface area contributed by atoms with Crippen LogP contribution in [0.25, 0.3) is 0 Å². The first kappa shape index (κ1) is 23.1. The van der Waals surface area contributed by atoms with E-state index in [-0.39, 0.29) is 17.7 Å². The van der Waals surface area contributed by atoms with Gasteiger partial charge in [-0.3, -0.25) is 19.3 Å². The smallest absolute Gasteiger partial charge is 0.406 e. The van der Waals surface area contributed by atoms with E-state index in [1.165, 1.54) is 12.1 Å². The van der Waals surface area contributed by atoms with Gasteiger partial charge in [-0.05, 0) is 38.5 Å². The topological polar surface area (TPSA) is 62.6 Å². The van der Waals surface area contributed by atoms with Gasteiger partial charge in [0.2, 0.25) is 5.91 Å². The first-order valence-electron chi connectivity index (χ1n) is 10.2. The van der Waals surface area contributed by atoms with Crippen LogP contribution in [0.3, 0.4) is 0 Å². The molecule has 0 spiro atoms. The minimum Gasteiger partial charge on any atom is -0.406 e. The number of piperazine rings is 1. The summed E-state index contributed by atoms with van der Waals surface area (Å²) in [5, 5.41) is 7.33. The average Bonchev–Trinajstić information content (AvgIpc) is 2.94. The van der Waals surface area contributed by atoms with Crippen molar-refractivity contribution in [2.45, 2.75) is 39.7 Å². The van der Waals surface area contributed by atoms with E-state index in [0.717, 1.165) is 48.8 Å². The van der Waals surface area contributed by atoms with Gasteiger partial charge in [0.25, 0.3) is 0 Å². The summed E-state index contributed by atoms with van der Waals surface area (Å²) in [6, 6.07) is 5.66. The van der Waals surface area contributed by atoms with Gasteiger partial charge in [-0.2, -0.15) is 5.10 Å². The van der Waals surface area contributed by atoms with Gasteiger partial charge in [0.05, 0.1) is 23.1 Å². The van der Waals surface area contributed by atoms with E-state index in [0.29, 0.717) is 6.54 Å². The second kappa shape index (κ2) is 9.27. The van der Waals surface area contributed by atoms with Crippen molar-refractivity contribution in [1.82, 2.24) is 19.6 Å². The van der Waals surface area contributed by atoms with E-state index >= 15 is 0 Å². The maximum atomic E-state index is 12.7. The molecule has 0 aliphatic carbocycles. The Morgan fingerprint density at radius 1 is 1.16 bits per heavy atom. The number of hydrogen-bond donors (Lipinski definition) is 1. The molecule has 1 N–H and O–H groups in total. The maximum absolute atomic E-state index is 12.7. The van der Waals surface area contributed by atoms with E-state index in [1.807, 2.05) is 27.8 Å². The highest BCUT2D eigenvalue weighted by Crippen LogP contribution is 2.23. The van der Waals surface area contributed by atoms with Crippen LogP contribution in [-0.4, -0.2) is 64.1 Å².